The maximum atomic E-state index is 2.44. The Morgan fingerprint density at radius 3 is 0.670 bits per heavy atom. The third-order valence-corrected chi connectivity index (χ3v) is 25.3. The van der Waals surface area contributed by atoms with Crippen LogP contribution in [-0.4, -0.2) is 0 Å². The highest BCUT2D eigenvalue weighted by atomic mass is 32.1. The molecule has 2 aromatic heterocycles. The molecule has 20 aromatic rings. The van der Waals surface area contributed by atoms with Gasteiger partial charge in [-0.05, 0) is 250 Å². The van der Waals surface area contributed by atoms with Gasteiger partial charge in [0.05, 0.1) is 0 Å². The molecule has 0 fully saturated rings. The highest BCUT2D eigenvalue weighted by Crippen LogP contribution is 2.53. The fourth-order valence-corrected chi connectivity index (χ4v) is 19.0. The topological polar surface area (TPSA) is 6.48 Å². The number of nitrogens with zero attached hydrogens (tertiary/aromatic N) is 2. The van der Waals surface area contributed by atoms with Crippen LogP contribution in [0.5, 0.6) is 0 Å². The van der Waals surface area contributed by atoms with Gasteiger partial charge in [0.25, 0.3) is 0 Å². The molecule has 0 amide bonds. The number of benzene rings is 18. The van der Waals surface area contributed by atoms with E-state index in [0.717, 1.165) is 34.1 Å². The summed E-state index contributed by atoms with van der Waals surface area (Å²) < 4.78 is 5.29. The van der Waals surface area contributed by atoms with Crippen LogP contribution < -0.4 is 9.80 Å². The second-order valence-corrected chi connectivity index (χ2v) is 32.5. The summed E-state index contributed by atoms with van der Waals surface area (Å²) in [6.07, 6.45) is 0. The summed E-state index contributed by atoms with van der Waals surface area (Å²) in [5, 5.41) is 5.28. The van der Waals surface area contributed by atoms with Crippen LogP contribution in [0.3, 0.4) is 0 Å². The van der Waals surface area contributed by atoms with E-state index in [1.54, 1.807) is 0 Å². The van der Waals surface area contributed by atoms with Gasteiger partial charge < -0.3 is 9.80 Å². The van der Waals surface area contributed by atoms with Crippen molar-refractivity contribution < 1.29 is 0 Å². The maximum absolute atomic E-state index is 2.44. The minimum atomic E-state index is -0.182. The molecule has 0 bridgehead atoms. The Hall–Kier alpha value is -14.0. The van der Waals surface area contributed by atoms with Crippen LogP contribution in [0.25, 0.3) is 152 Å². The third kappa shape index (κ3) is 13.8. The van der Waals surface area contributed by atoms with Crippen LogP contribution >= 0.6 is 22.7 Å². The Morgan fingerprint density at radius 2 is 0.357 bits per heavy atom. The van der Waals surface area contributed by atoms with Gasteiger partial charge in [-0.15, -0.1) is 22.7 Å². The zero-order chi connectivity index (χ0) is 76.8. The fourth-order valence-electron chi connectivity index (χ4n) is 16.9. The van der Waals surface area contributed by atoms with Gasteiger partial charge in [-0.1, -0.05) is 323 Å². The minimum absolute atomic E-state index is 0.182. The smallest absolute Gasteiger partial charge is 0.0465 e. The molecule has 0 radical (unpaired) electrons. The molecule has 0 saturated heterocycles. The average Bonchev–Trinajstić information content (AvgIpc) is 1.57. The van der Waals surface area contributed by atoms with E-state index in [9.17, 15) is 0 Å². The number of hydrogen-bond donors (Lipinski definition) is 0. The zero-order valence-electron chi connectivity index (χ0n) is 63.8. The van der Waals surface area contributed by atoms with Crippen molar-refractivity contribution in [3.63, 3.8) is 0 Å². The predicted molar refractivity (Wildman–Crippen MR) is 495 cm³/mol. The van der Waals surface area contributed by atoms with Gasteiger partial charge in [-0.25, -0.2) is 0 Å². The predicted octanol–water partition coefficient (Wildman–Crippen LogP) is 32.4. The lowest BCUT2D eigenvalue weighted by atomic mass is 9.81. The van der Waals surface area contributed by atoms with Crippen molar-refractivity contribution in [2.75, 3.05) is 9.80 Å². The van der Waals surface area contributed by atoms with Crippen molar-refractivity contribution in [1.82, 2.24) is 0 Å². The van der Waals surface area contributed by atoms with Crippen molar-refractivity contribution in [3.05, 3.63) is 448 Å². The average molecular weight is 1500 g/mol. The molecule has 115 heavy (non-hydrogen) atoms. The molecule has 2 heterocycles. The van der Waals surface area contributed by atoms with E-state index in [-0.39, 0.29) is 5.41 Å². The SMILES string of the molecule is CC1(C)c2cc(-c3ccc4sc5ccc(-c6ccccc6)cc5c4c3)ccc2-c2ccc(N(c3ccccc3)c3ccc(-c4ccc(-c5ccccc5)cc4)cc3)cc21.c1ccc(-c2ccc(-c3ccc(N(c4ccccc4)c4ccc(-c5ccc(-c6ccc7sc8ccc(-c9ccccc9)cc8c7c6)cc5)cc4)cc3)cc2)cc1. The Balaban J connectivity index is 0.000000149. The lowest BCUT2D eigenvalue weighted by Gasteiger charge is -2.28. The molecule has 0 aliphatic heterocycles. The van der Waals surface area contributed by atoms with Crippen molar-refractivity contribution in [1.29, 1.82) is 0 Å². The van der Waals surface area contributed by atoms with E-state index < -0.39 is 0 Å². The van der Waals surface area contributed by atoms with Gasteiger partial charge in [-0.3, -0.25) is 0 Å². The van der Waals surface area contributed by atoms with Crippen molar-refractivity contribution in [2.24, 2.45) is 0 Å². The van der Waals surface area contributed by atoms with Crippen molar-refractivity contribution >= 4 is 97.1 Å². The van der Waals surface area contributed by atoms with Crippen LogP contribution in [0.15, 0.2) is 437 Å². The quantitative estimate of drug-likeness (QED) is 0.101. The molecular formula is C111H78N2S2. The number of hydrogen-bond acceptors (Lipinski definition) is 4. The fraction of sp³-hybridized carbons (Fsp3) is 0.0270. The third-order valence-electron chi connectivity index (χ3n) is 23.0. The molecule has 1 aliphatic carbocycles. The highest BCUT2D eigenvalue weighted by molar-refractivity contribution is 7.26. The van der Waals surface area contributed by atoms with Crippen LogP contribution in [-0.2, 0) is 5.41 Å². The van der Waals surface area contributed by atoms with Crippen molar-refractivity contribution in [3.8, 4) is 111 Å². The summed E-state index contributed by atoms with van der Waals surface area (Å²) in [6, 6.07) is 159. The summed E-state index contributed by atoms with van der Waals surface area (Å²) in [4.78, 5) is 4.71. The first-order chi connectivity index (χ1) is 56.7. The molecule has 0 saturated carbocycles. The second-order valence-electron chi connectivity index (χ2n) is 30.3. The van der Waals surface area contributed by atoms with E-state index in [1.165, 1.54) is 163 Å². The molecule has 0 N–H and O–H groups in total. The van der Waals surface area contributed by atoms with Crippen LogP contribution in [0.4, 0.5) is 34.1 Å². The molecule has 0 atom stereocenters. The number of anilines is 6. The summed E-state index contributed by atoms with van der Waals surface area (Å²) in [6.45, 7) is 4.77. The Labute approximate surface area is 680 Å². The maximum Gasteiger partial charge on any atom is 0.0465 e. The standard InChI is InChI=1S/C57H41NS.C54H37NS/c1-57(2)53-36-45(44-26-33-56-52(35-44)51-34-43(25-32-55(51)59-56)39-14-8-4-9-15-39)24-30-49(53)50-31-29-48(37-54(50)57)58(46-16-10-5-11-17-46)47-27-22-42(23-28-47)41-20-18-40(19-21-41)38-12-6-3-7-13-38;1-4-10-38(11-5-1)40-16-18-41(19-17-40)43-24-30-49(31-25-43)55(48-14-8-3-9-15-48)50-32-26-44(27-33-50)42-20-22-45(23-21-42)47-29-35-54-52(37-47)51-36-46(28-34-53(51)56-54)39-12-6-2-7-13-39/h3-37H,1-2H3;1-37H. The molecule has 4 heteroatoms. The van der Waals surface area contributed by atoms with E-state index >= 15 is 0 Å². The van der Waals surface area contributed by atoms with Gasteiger partial charge in [-0.2, -0.15) is 0 Å². The van der Waals surface area contributed by atoms with E-state index in [2.05, 4.69) is 460 Å². The molecular weight excluding hydrogens is 1430 g/mol. The molecule has 0 spiro atoms. The number of fused-ring (bicyclic) bond motifs is 9. The summed E-state index contributed by atoms with van der Waals surface area (Å²) in [7, 11) is 0. The van der Waals surface area contributed by atoms with E-state index in [1.807, 2.05) is 22.7 Å². The normalized spacial score (nSPS) is 12.0. The van der Waals surface area contributed by atoms with Crippen molar-refractivity contribution in [2.45, 2.75) is 19.3 Å². The molecule has 2 nitrogen and oxygen atoms in total. The number of rotatable bonds is 15. The largest absolute Gasteiger partial charge is 0.311 e. The molecule has 18 aromatic carbocycles. The highest BCUT2D eigenvalue weighted by Gasteiger charge is 2.37. The first-order valence-corrected chi connectivity index (χ1v) is 41.1. The molecule has 1 aliphatic rings. The van der Waals surface area contributed by atoms with Gasteiger partial charge in [0.15, 0.2) is 0 Å². The number of thiophene rings is 2. The molecule has 21 rings (SSSR count). The van der Waals surface area contributed by atoms with Gasteiger partial charge >= 0.3 is 0 Å². The lowest BCUT2D eigenvalue weighted by Crippen LogP contribution is -2.16. The second kappa shape index (κ2) is 30.2. The lowest BCUT2D eigenvalue weighted by molar-refractivity contribution is 0.660. The van der Waals surface area contributed by atoms with E-state index in [4.69, 9.17) is 0 Å². The number of para-hydroxylation sites is 2. The molecule has 0 unspecified atom stereocenters. The van der Waals surface area contributed by atoms with Gasteiger partial charge in [0.1, 0.15) is 0 Å². The monoisotopic (exact) mass is 1500 g/mol. The first-order valence-electron chi connectivity index (χ1n) is 39.5. The first kappa shape index (κ1) is 70.1. The van der Waals surface area contributed by atoms with Crippen LogP contribution in [0.1, 0.15) is 25.0 Å². The molecule has 544 valence electrons. The Bertz CT molecular complexity index is 6880. The Morgan fingerprint density at radius 1 is 0.165 bits per heavy atom. The Kier molecular flexibility index (Phi) is 18.4. The van der Waals surface area contributed by atoms with Gasteiger partial charge in [0, 0.05) is 79.9 Å². The summed E-state index contributed by atoms with van der Waals surface area (Å²) in [5.41, 5.74) is 34.0. The van der Waals surface area contributed by atoms with Crippen LogP contribution in [0, 0.1) is 0 Å². The van der Waals surface area contributed by atoms with Gasteiger partial charge in [0.2, 0.25) is 0 Å². The summed E-state index contributed by atoms with van der Waals surface area (Å²) >= 11 is 3.74. The van der Waals surface area contributed by atoms with Crippen LogP contribution in [0.2, 0.25) is 0 Å². The minimum Gasteiger partial charge on any atom is -0.311 e. The summed E-state index contributed by atoms with van der Waals surface area (Å²) in [5.74, 6) is 0. The zero-order valence-corrected chi connectivity index (χ0v) is 65.4. The van der Waals surface area contributed by atoms with E-state index in [0.29, 0.717) is 0 Å².